The molecule has 0 aromatic rings. The van der Waals surface area contributed by atoms with Crippen molar-refractivity contribution in [2.24, 2.45) is 17.3 Å². The molecule has 10 atom stereocenters. The number of esters is 1. The summed E-state index contributed by atoms with van der Waals surface area (Å²) in [4.78, 5) is 21.9. The monoisotopic (exact) mass is 484 g/mol. The molecule has 2 unspecified atom stereocenters. The number of rotatable bonds is 6. The molecule has 11 heteroatoms. The highest BCUT2D eigenvalue weighted by atomic mass is 31.2. The Kier molecular flexibility index (Phi) is 3.96. The Balaban J connectivity index is 1.28. The summed E-state index contributed by atoms with van der Waals surface area (Å²) < 4.78 is 52.5. The number of hydrogen-bond acceptors (Lipinski definition) is 9. The number of ether oxygens (including phenoxy) is 5. The predicted molar refractivity (Wildman–Crippen MR) is 109 cm³/mol. The van der Waals surface area contributed by atoms with Gasteiger partial charge in [-0.2, -0.15) is 0 Å². The molecule has 0 aromatic heterocycles. The Morgan fingerprint density at radius 2 is 2.03 bits per heavy atom. The molecule has 0 bridgehead atoms. The van der Waals surface area contributed by atoms with Gasteiger partial charge in [0, 0.05) is 18.1 Å². The molecule has 4 heterocycles. The van der Waals surface area contributed by atoms with Crippen molar-refractivity contribution in [3.63, 3.8) is 0 Å². The van der Waals surface area contributed by atoms with Crippen molar-refractivity contribution in [1.29, 1.82) is 0 Å². The summed E-state index contributed by atoms with van der Waals surface area (Å²) in [6.45, 7) is 6.34. The first-order chi connectivity index (χ1) is 15.6. The van der Waals surface area contributed by atoms with Crippen molar-refractivity contribution >= 4 is 13.8 Å². The van der Waals surface area contributed by atoms with E-state index in [2.05, 4.69) is 25.3 Å². The lowest BCUT2D eigenvalue weighted by molar-refractivity contribution is -0.155. The minimum atomic E-state index is -4.19. The second-order valence-corrected chi connectivity index (χ2v) is 12.5. The van der Waals surface area contributed by atoms with Crippen LogP contribution in [0.15, 0.2) is 11.1 Å². The van der Waals surface area contributed by atoms with Gasteiger partial charge in [0.15, 0.2) is 12.4 Å². The number of cyclic esters (lactones) is 1. The van der Waals surface area contributed by atoms with Crippen molar-refractivity contribution in [3.05, 3.63) is 11.1 Å². The van der Waals surface area contributed by atoms with Crippen LogP contribution in [0.3, 0.4) is 0 Å². The predicted octanol–water partition coefficient (Wildman–Crippen LogP) is 1.85. The number of phosphoric ester groups is 1. The van der Waals surface area contributed by atoms with Crippen molar-refractivity contribution in [2.45, 2.75) is 81.3 Å². The third kappa shape index (κ3) is 2.22. The van der Waals surface area contributed by atoms with Gasteiger partial charge in [0.25, 0.3) is 0 Å². The number of carbonyl (C=O) groups excluding carboxylic acids is 1. The van der Waals surface area contributed by atoms with Crippen LogP contribution in [0.2, 0.25) is 0 Å². The molecule has 1 N–H and O–H groups in total. The molecule has 33 heavy (non-hydrogen) atoms. The summed E-state index contributed by atoms with van der Waals surface area (Å²) >= 11 is 0. The van der Waals surface area contributed by atoms with Crippen LogP contribution in [-0.4, -0.2) is 72.6 Å². The van der Waals surface area contributed by atoms with E-state index < -0.39 is 37.5 Å². The first kappa shape index (κ1) is 21.4. The number of fused-ring (bicyclic) bond motifs is 4. The SMILES string of the molecule is COP(=O)(O)OCO[C@@H]1[C@@]2(C(C)C)O[C@H]2[C@@H]2O[C@@]23[C@@]2(C)CCC4=C(COC4=O)[C@@H]2CC2O[C@]213. The molecular formula is C22H29O10P. The summed E-state index contributed by atoms with van der Waals surface area (Å²) in [6, 6.07) is 0. The lowest BCUT2D eigenvalue weighted by atomic mass is 9.46. The fourth-order valence-corrected chi connectivity index (χ4v) is 8.43. The number of phosphoric acid groups is 1. The molecule has 10 nitrogen and oxygen atoms in total. The Labute approximate surface area is 191 Å². The molecule has 0 radical (unpaired) electrons. The van der Waals surface area contributed by atoms with Crippen LogP contribution in [0.4, 0.5) is 0 Å². The molecule has 3 aliphatic carbocycles. The first-order valence-corrected chi connectivity index (χ1v) is 13.2. The number of epoxide rings is 3. The van der Waals surface area contributed by atoms with E-state index >= 15 is 0 Å². The van der Waals surface area contributed by atoms with E-state index in [0.717, 1.165) is 31.1 Å². The van der Waals surface area contributed by atoms with Crippen LogP contribution in [-0.2, 0) is 42.1 Å². The summed E-state index contributed by atoms with van der Waals surface area (Å²) in [5, 5.41) is 0. The Bertz CT molecular complexity index is 1040. The third-order valence-electron chi connectivity index (χ3n) is 9.75. The second-order valence-electron chi connectivity index (χ2n) is 11.0. The minimum Gasteiger partial charge on any atom is -0.458 e. The highest BCUT2D eigenvalue weighted by molar-refractivity contribution is 7.47. The van der Waals surface area contributed by atoms with Crippen LogP contribution in [0.25, 0.3) is 0 Å². The average molecular weight is 484 g/mol. The van der Waals surface area contributed by atoms with Gasteiger partial charge < -0.3 is 28.6 Å². The lowest BCUT2D eigenvalue weighted by Crippen LogP contribution is -2.69. The van der Waals surface area contributed by atoms with Crippen molar-refractivity contribution in [1.82, 2.24) is 0 Å². The van der Waals surface area contributed by atoms with Gasteiger partial charge in [-0.1, -0.05) is 20.8 Å². The van der Waals surface area contributed by atoms with Gasteiger partial charge in [-0.05, 0) is 36.7 Å². The fourth-order valence-electron chi connectivity index (χ4n) is 8.13. The van der Waals surface area contributed by atoms with Crippen LogP contribution in [0.5, 0.6) is 0 Å². The minimum absolute atomic E-state index is 0.110. The van der Waals surface area contributed by atoms with Gasteiger partial charge >= 0.3 is 13.8 Å². The molecule has 5 fully saturated rings. The molecule has 2 saturated carbocycles. The topological polar surface area (TPSA) is 129 Å². The summed E-state index contributed by atoms with van der Waals surface area (Å²) in [6.07, 6.45) is 1.30. The van der Waals surface area contributed by atoms with E-state index in [4.69, 9.17) is 28.2 Å². The summed E-state index contributed by atoms with van der Waals surface area (Å²) in [5.74, 6) is 0.0558. The largest absolute Gasteiger partial charge is 0.474 e. The van der Waals surface area contributed by atoms with E-state index in [0.29, 0.717) is 13.0 Å². The standard InChI is InChI=1S/C22H29O10P/c1-10(2)20-15(31-20)16-22(32-16)19(3)6-5-11-12(8-27-17(11)23)13(19)7-14-21(22,30-14)18(20)28-9-29-33(24,25)26-4/h10,13-16,18H,5-9H2,1-4H3,(H,24,25)/t13-,14?,15-,16-,18+,19-,20-,21+,22+/m0/s1. The maximum absolute atomic E-state index is 12.3. The maximum Gasteiger partial charge on any atom is 0.474 e. The van der Waals surface area contributed by atoms with E-state index in [1.807, 2.05) is 0 Å². The van der Waals surface area contributed by atoms with Crippen molar-refractivity contribution in [3.8, 4) is 0 Å². The van der Waals surface area contributed by atoms with Gasteiger partial charge in [-0.3, -0.25) is 9.05 Å². The molecule has 2 spiro atoms. The lowest BCUT2D eigenvalue weighted by Gasteiger charge is -2.54. The number of hydrogen-bond donors (Lipinski definition) is 1. The highest BCUT2D eigenvalue weighted by Gasteiger charge is 3.00. The maximum atomic E-state index is 12.3. The van der Waals surface area contributed by atoms with Gasteiger partial charge in [0.05, 0.1) is 6.10 Å². The quantitative estimate of drug-likeness (QED) is 0.258. The van der Waals surface area contributed by atoms with Gasteiger partial charge in [0.2, 0.25) is 0 Å². The van der Waals surface area contributed by atoms with Crippen LogP contribution in [0.1, 0.15) is 40.0 Å². The van der Waals surface area contributed by atoms with Gasteiger partial charge in [-0.25, -0.2) is 9.36 Å². The zero-order chi connectivity index (χ0) is 23.2. The highest BCUT2D eigenvalue weighted by Crippen LogP contribution is 2.83. The van der Waals surface area contributed by atoms with Crippen LogP contribution in [0, 0.1) is 17.3 Å². The second kappa shape index (κ2) is 6.10. The molecule has 3 saturated heterocycles. The molecule has 4 aliphatic heterocycles. The third-order valence-corrected chi connectivity index (χ3v) is 10.6. The van der Waals surface area contributed by atoms with Crippen LogP contribution < -0.4 is 0 Å². The van der Waals surface area contributed by atoms with E-state index in [9.17, 15) is 14.3 Å². The molecular weight excluding hydrogens is 455 g/mol. The Morgan fingerprint density at radius 1 is 1.24 bits per heavy atom. The van der Waals surface area contributed by atoms with E-state index in [1.54, 1.807) is 0 Å². The zero-order valence-electron chi connectivity index (χ0n) is 19.1. The Morgan fingerprint density at radius 3 is 2.76 bits per heavy atom. The molecule has 7 rings (SSSR count). The summed E-state index contributed by atoms with van der Waals surface area (Å²) in [5.41, 5.74) is -0.281. The molecule has 0 amide bonds. The molecule has 0 aromatic carbocycles. The van der Waals surface area contributed by atoms with Gasteiger partial charge in [-0.15, -0.1) is 0 Å². The van der Waals surface area contributed by atoms with E-state index in [-0.39, 0.29) is 41.5 Å². The average Bonchev–Trinajstić information content (AvgIpc) is 3.67. The zero-order valence-corrected chi connectivity index (χ0v) is 20.0. The number of carbonyl (C=O) groups is 1. The normalized spacial score (nSPS) is 54.2. The summed E-state index contributed by atoms with van der Waals surface area (Å²) in [7, 11) is -3.08. The van der Waals surface area contributed by atoms with Gasteiger partial charge in [0.1, 0.15) is 36.1 Å². The first-order valence-electron chi connectivity index (χ1n) is 11.7. The Hall–Kier alpha value is -0.840. The van der Waals surface area contributed by atoms with Crippen LogP contribution >= 0.6 is 7.82 Å². The smallest absolute Gasteiger partial charge is 0.458 e. The molecule has 7 aliphatic rings. The van der Waals surface area contributed by atoms with Crippen molar-refractivity contribution < 1.29 is 47.0 Å². The van der Waals surface area contributed by atoms with Crippen molar-refractivity contribution in [2.75, 3.05) is 20.5 Å². The van der Waals surface area contributed by atoms with E-state index in [1.165, 1.54) is 0 Å². The fraction of sp³-hybridized carbons (Fsp3) is 0.864. The molecule has 182 valence electrons.